The predicted octanol–water partition coefficient (Wildman–Crippen LogP) is 1.85. The van der Waals surface area contributed by atoms with Gasteiger partial charge in [0.2, 0.25) is 5.91 Å². The molecule has 2 heterocycles. The van der Waals surface area contributed by atoms with E-state index in [2.05, 4.69) is 9.80 Å². The molecule has 1 N–H and O–H groups in total. The molecule has 0 aromatic heterocycles. The normalized spacial score (nSPS) is 20.7. The zero-order chi connectivity index (χ0) is 19.7. The Hall–Kier alpha value is -3.06. The first kappa shape index (κ1) is 18.3. The number of hydrogen-bond acceptors (Lipinski definition) is 6. The summed E-state index contributed by atoms with van der Waals surface area (Å²) < 4.78 is 5.32. The van der Waals surface area contributed by atoms with Crippen molar-refractivity contribution in [1.29, 1.82) is 0 Å². The number of hydrogen-bond donors (Lipinski definition) is 1. The number of anilines is 2. The van der Waals surface area contributed by atoms with E-state index in [1.54, 1.807) is 30.3 Å². The number of para-hydroxylation sites is 4. The van der Waals surface area contributed by atoms with E-state index in [4.69, 9.17) is 4.74 Å². The molecule has 28 heavy (non-hydrogen) atoms. The third kappa shape index (κ3) is 3.18. The van der Waals surface area contributed by atoms with Crippen LogP contribution in [0.5, 0.6) is 11.5 Å². The summed E-state index contributed by atoms with van der Waals surface area (Å²) in [6.45, 7) is 2.67. The fourth-order valence-electron chi connectivity index (χ4n) is 3.97. The van der Waals surface area contributed by atoms with Gasteiger partial charge in [0, 0.05) is 26.2 Å². The molecule has 2 fully saturated rings. The topological polar surface area (TPSA) is 73.3 Å². The van der Waals surface area contributed by atoms with Crippen LogP contribution in [0.4, 0.5) is 11.4 Å². The molecule has 0 radical (unpaired) electrons. The predicted molar refractivity (Wildman–Crippen MR) is 106 cm³/mol. The molecule has 2 aliphatic rings. The third-order valence-corrected chi connectivity index (χ3v) is 5.43. The van der Waals surface area contributed by atoms with Crippen LogP contribution in [0.25, 0.3) is 0 Å². The average Bonchev–Trinajstić information content (AvgIpc) is 3.02. The van der Waals surface area contributed by atoms with Crippen LogP contribution in [0.2, 0.25) is 0 Å². The number of phenols is 1. The first-order valence-electron chi connectivity index (χ1n) is 9.37. The summed E-state index contributed by atoms with van der Waals surface area (Å²) in [7, 11) is 1.53. The van der Waals surface area contributed by atoms with Crippen LogP contribution >= 0.6 is 0 Å². The number of benzene rings is 2. The van der Waals surface area contributed by atoms with Crippen LogP contribution in [0, 0.1) is 0 Å². The molecule has 7 heteroatoms. The summed E-state index contributed by atoms with van der Waals surface area (Å²) in [6, 6.07) is 13.9. The maximum Gasteiger partial charge on any atom is 0.251 e. The highest BCUT2D eigenvalue weighted by atomic mass is 16.5. The minimum atomic E-state index is -0.455. The number of imide groups is 1. The number of carbonyl (C=O) groups is 2. The van der Waals surface area contributed by atoms with Gasteiger partial charge in [0.1, 0.15) is 11.5 Å². The van der Waals surface area contributed by atoms with Gasteiger partial charge in [-0.25, -0.2) is 4.90 Å². The van der Waals surface area contributed by atoms with Crippen molar-refractivity contribution in [3.05, 3.63) is 48.5 Å². The maximum absolute atomic E-state index is 13.0. The highest BCUT2D eigenvalue weighted by Crippen LogP contribution is 2.34. The summed E-state index contributed by atoms with van der Waals surface area (Å²) >= 11 is 0. The Bertz CT molecular complexity index is 893. The SMILES string of the molecule is COc1ccccc1N1C(=O)CC(N2CCN(c3ccccc3O)CC2)C1=O. The molecule has 0 saturated carbocycles. The molecular formula is C21H23N3O4. The number of nitrogens with zero attached hydrogens (tertiary/aromatic N) is 3. The molecule has 0 aliphatic carbocycles. The Morgan fingerprint density at radius 3 is 2.25 bits per heavy atom. The molecule has 2 aliphatic heterocycles. The molecule has 0 bridgehead atoms. The molecule has 146 valence electrons. The van der Waals surface area contributed by atoms with Gasteiger partial charge in [0.05, 0.1) is 30.9 Å². The van der Waals surface area contributed by atoms with Gasteiger partial charge >= 0.3 is 0 Å². The van der Waals surface area contributed by atoms with Crippen LogP contribution in [-0.2, 0) is 9.59 Å². The van der Waals surface area contributed by atoms with E-state index < -0.39 is 6.04 Å². The lowest BCUT2D eigenvalue weighted by molar-refractivity contribution is -0.123. The average molecular weight is 381 g/mol. The van der Waals surface area contributed by atoms with Crippen molar-refractivity contribution < 1.29 is 19.4 Å². The van der Waals surface area contributed by atoms with Crippen molar-refractivity contribution >= 4 is 23.2 Å². The van der Waals surface area contributed by atoms with Crippen molar-refractivity contribution in [2.75, 3.05) is 43.1 Å². The Balaban J connectivity index is 1.47. The molecule has 1 atom stereocenters. The Labute approximate surface area is 163 Å². The lowest BCUT2D eigenvalue weighted by Gasteiger charge is -2.38. The molecule has 2 aromatic carbocycles. The molecule has 7 nitrogen and oxygen atoms in total. The second-order valence-corrected chi connectivity index (χ2v) is 6.97. The van der Waals surface area contributed by atoms with E-state index in [1.807, 2.05) is 18.2 Å². The van der Waals surface area contributed by atoms with Crippen molar-refractivity contribution in [2.45, 2.75) is 12.5 Å². The quantitative estimate of drug-likeness (QED) is 0.815. The number of rotatable bonds is 4. The lowest BCUT2D eigenvalue weighted by Crippen LogP contribution is -2.52. The van der Waals surface area contributed by atoms with Crippen molar-refractivity contribution in [3.63, 3.8) is 0 Å². The number of ether oxygens (including phenoxy) is 1. The zero-order valence-electron chi connectivity index (χ0n) is 15.7. The summed E-state index contributed by atoms with van der Waals surface area (Å²) in [5.74, 6) is 0.354. The van der Waals surface area contributed by atoms with Crippen molar-refractivity contribution in [1.82, 2.24) is 4.90 Å². The summed E-state index contributed by atoms with van der Waals surface area (Å²) in [6.07, 6.45) is 0.174. The van der Waals surface area contributed by atoms with E-state index in [0.29, 0.717) is 37.6 Å². The number of carbonyl (C=O) groups excluding carboxylic acids is 2. The van der Waals surface area contributed by atoms with Gasteiger partial charge in [-0.2, -0.15) is 0 Å². The highest BCUT2D eigenvalue weighted by Gasteiger charge is 2.44. The largest absolute Gasteiger partial charge is 0.506 e. The summed E-state index contributed by atoms with van der Waals surface area (Å²) in [4.78, 5) is 31.1. The standard InChI is InChI=1S/C21H23N3O4/c1-28-19-9-5-3-7-16(19)24-20(26)14-17(21(24)27)23-12-10-22(11-13-23)15-6-2-4-8-18(15)25/h2-9,17,25H,10-14H2,1H3. The maximum atomic E-state index is 13.0. The van der Waals surface area contributed by atoms with Gasteiger partial charge in [-0.05, 0) is 24.3 Å². The smallest absolute Gasteiger partial charge is 0.251 e. The molecule has 4 rings (SSSR count). The van der Waals surface area contributed by atoms with Gasteiger partial charge < -0.3 is 14.7 Å². The van der Waals surface area contributed by atoms with E-state index in [9.17, 15) is 14.7 Å². The molecular weight excluding hydrogens is 358 g/mol. The van der Waals surface area contributed by atoms with Gasteiger partial charge in [0.15, 0.2) is 0 Å². The molecule has 2 amide bonds. The number of piperazine rings is 1. The second kappa shape index (κ2) is 7.52. The van der Waals surface area contributed by atoms with Crippen molar-refractivity contribution in [2.24, 2.45) is 0 Å². The number of methoxy groups -OCH3 is 1. The fourth-order valence-corrected chi connectivity index (χ4v) is 3.97. The fraction of sp³-hybridized carbons (Fsp3) is 0.333. The first-order chi connectivity index (χ1) is 13.6. The van der Waals surface area contributed by atoms with E-state index in [1.165, 1.54) is 12.0 Å². The molecule has 2 aromatic rings. The number of amides is 2. The van der Waals surface area contributed by atoms with Gasteiger partial charge in [-0.15, -0.1) is 0 Å². The second-order valence-electron chi connectivity index (χ2n) is 6.97. The summed E-state index contributed by atoms with van der Waals surface area (Å²) in [5, 5.41) is 10.1. The zero-order valence-corrected chi connectivity index (χ0v) is 15.7. The van der Waals surface area contributed by atoms with Crippen LogP contribution in [0.1, 0.15) is 6.42 Å². The number of phenolic OH excluding ortho intramolecular Hbond substituents is 1. The Morgan fingerprint density at radius 2 is 1.57 bits per heavy atom. The van der Waals surface area contributed by atoms with E-state index >= 15 is 0 Å². The van der Waals surface area contributed by atoms with Crippen molar-refractivity contribution in [3.8, 4) is 11.5 Å². The molecule has 2 saturated heterocycles. The third-order valence-electron chi connectivity index (χ3n) is 5.43. The lowest BCUT2D eigenvalue weighted by atomic mass is 10.1. The minimum Gasteiger partial charge on any atom is -0.506 e. The van der Waals surface area contributed by atoms with Gasteiger partial charge in [-0.3, -0.25) is 14.5 Å². The van der Waals surface area contributed by atoms with E-state index in [-0.39, 0.29) is 24.0 Å². The summed E-state index contributed by atoms with van der Waals surface area (Å²) in [5.41, 5.74) is 1.29. The minimum absolute atomic E-state index is 0.174. The molecule has 0 spiro atoms. The first-order valence-corrected chi connectivity index (χ1v) is 9.37. The Kier molecular flexibility index (Phi) is 4.92. The van der Waals surface area contributed by atoms with Gasteiger partial charge in [0.25, 0.3) is 5.91 Å². The monoisotopic (exact) mass is 381 g/mol. The van der Waals surface area contributed by atoms with E-state index in [0.717, 1.165) is 5.69 Å². The molecule has 1 unspecified atom stereocenters. The van der Waals surface area contributed by atoms with Gasteiger partial charge in [-0.1, -0.05) is 24.3 Å². The van der Waals surface area contributed by atoms with Crippen LogP contribution in [-0.4, -0.2) is 61.2 Å². The van der Waals surface area contributed by atoms with Crippen LogP contribution < -0.4 is 14.5 Å². The van der Waals surface area contributed by atoms with Crippen LogP contribution in [0.15, 0.2) is 48.5 Å². The Morgan fingerprint density at radius 1 is 0.929 bits per heavy atom. The number of aromatic hydroxyl groups is 1. The highest BCUT2D eigenvalue weighted by molar-refractivity contribution is 6.23. The van der Waals surface area contributed by atoms with Crippen LogP contribution in [0.3, 0.4) is 0 Å².